The average Bonchev–Trinajstić information content (AvgIpc) is 1.87. The Labute approximate surface area is 56.4 Å². The summed E-state index contributed by atoms with van der Waals surface area (Å²) in [6.45, 7) is 3.78. The number of allylic oxidation sites excluding steroid dienone is 1. The predicted octanol–water partition coefficient (Wildman–Crippen LogP) is 1.19. The molecule has 0 rings (SSSR count). The normalized spacial score (nSPS) is 17.1. The van der Waals surface area contributed by atoms with Crippen LogP contribution in [0.2, 0.25) is 0 Å². The third-order valence-corrected chi connectivity index (χ3v) is 1.16. The molecule has 2 atom stereocenters. The van der Waals surface area contributed by atoms with E-state index in [0.717, 1.165) is 0 Å². The molecule has 0 saturated carbocycles. The van der Waals surface area contributed by atoms with Gasteiger partial charge in [-0.1, -0.05) is 25.0 Å². The summed E-state index contributed by atoms with van der Waals surface area (Å²) in [5, 5.41) is 8.97. The first-order valence-corrected chi connectivity index (χ1v) is 2.99. The van der Waals surface area contributed by atoms with Crippen molar-refractivity contribution < 1.29 is 5.11 Å². The maximum absolute atomic E-state index is 8.97. The molecule has 1 heteroatoms. The highest BCUT2D eigenvalue weighted by atomic mass is 16.3. The molecule has 1 N–H and O–H groups in total. The lowest BCUT2D eigenvalue weighted by molar-refractivity contribution is 0.195. The van der Waals surface area contributed by atoms with Gasteiger partial charge in [-0.15, -0.1) is 6.42 Å². The molecule has 2 unspecified atom stereocenters. The molecule has 0 aromatic carbocycles. The lowest BCUT2D eigenvalue weighted by Crippen LogP contribution is -2.11. The van der Waals surface area contributed by atoms with Gasteiger partial charge in [-0.3, -0.25) is 0 Å². The number of hydrogen-bond acceptors (Lipinski definition) is 1. The molecule has 0 spiro atoms. The third kappa shape index (κ3) is 2.94. The van der Waals surface area contributed by atoms with Crippen LogP contribution in [0.4, 0.5) is 0 Å². The second kappa shape index (κ2) is 4.17. The fourth-order valence-corrected chi connectivity index (χ4v) is 0.561. The van der Waals surface area contributed by atoms with Crippen LogP contribution in [0.3, 0.4) is 0 Å². The molecular formula is C8H12O. The van der Waals surface area contributed by atoms with Crippen LogP contribution in [0.15, 0.2) is 12.2 Å². The van der Waals surface area contributed by atoms with Gasteiger partial charge in [0.1, 0.15) is 6.10 Å². The minimum absolute atomic E-state index is 0.0694. The van der Waals surface area contributed by atoms with Crippen LogP contribution in [0, 0.1) is 18.3 Å². The van der Waals surface area contributed by atoms with Crippen LogP contribution in [0.25, 0.3) is 0 Å². The van der Waals surface area contributed by atoms with Gasteiger partial charge in [0.15, 0.2) is 0 Å². The third-order valence-electron chi connectivity index (χ3n) is 1.16. The quantitative estimate of drug-likeness (QED) is 0.433. The van der Waals surface area contributed by atoms with Crippen LogP contribution in [0.1, 0.15) is 13.8 Å². The zero-order valence-corrected chi connectivity index (χ0v) is 5.83. The highest BCUT2D eigenvalue weighted by molar-refractivity contribution is 5.01. The Balaban J connectivity index is 3.75. The van der Waals surface area contributed by atoms with Crippen molar-refractivity contribution in [1.29, 1.82) is 0 Å². The van der Waals surface area contributed by atoms with Gasteiger partial charge in [-0.25, -0.2) is 0 Å². The van der Waals surface area contributed by atoms with E-state index >= 15 is 0 Å². The van der Waals surface area contributed by atoms with Gasteiger partial charge in [0.25, 0.3) is 0 Å². The fraction of sp³-hybridized carbons (Fsp3) is 0.500. The molecular weight excluding hydrogens is 112 g/mol. The zero-order valence-electron chi connectivity index (χ0n) is 5.83. The maximum Gasteiger partial charge on any atom is 0.120 e. The molecule has 0 aliphatic heterocycles. The van der Waals surface area contributed by atoms with E-state index in [1.807, 2.05) is 26.0 Å². The van der Waals surface area contributed by atoms with Crippen LogP contribution < -0.4 is 0 Å². The summed E-state index contributed by atoms with van der Waals surface area (Å²) in [7, 11) is 0. The molecule has 50 valence electrons. The Morgan fingerprint density at radius 3 is 2.56 bits per heavy atom. The highest BCUT2D eigenvalue weighted by Gasteiger charge is 2.04. The van der Waals surface area contributed by atoms with Gasteiger partial charge in [0, 0.05) is 5.92 Å². The first-order chi connectivity index (χ1) is 4.22. The minimum Gasteiger partial charge on any atom is -0.380 e. The van der Waals surface area contributed by atoms with Gasteiger partial charge >= 0.3 is 0 Å². The van der Waals surface area contributed by atoms with Crippen molar-refractivity contribution in [3.8, 4) is 12.3 Å². The van der Waals surface area contributed by atoms with Gasteiger partial charge in [-0.2, -0.15) is 0 Å². The maximum atomic E-state index is 8.97. The lowest BCUT2D eigenvalue weighted by Gasteiger charge is -2.06. The fourth-order valence-electron chi connectivity index (χ4n) is 0.561. The first kappa shape index (κ1) is 8.26. The summed E-state index contributed by atoms with van der Waals surface area (Å²) >= 11 is 0. The molecule has 0 heterocycles. The summed E-state index contributed by atoms with van der Waals surface area (Å²) in [6, 6.07) is 0. The van der Waals surface area contributed by atoms with Crippen molar-refractivity contribution in [2.45, 2.75) is 20.0 Å². The molecule has 0 aliphatic carbocycles. The van der Waals surface area contributed by atoms with Crippen LogP contribution >= 0.6 is 0 Å². The van der Waals surface area contributed by atoms with Crippen molar-refractivity contribution in [3.05, 3.63) is 12.2 Å². The topological polar surface area (TPSA) is 20.2 Å². The zero-order chi connectivity index (χ0) is 7.28. The molecule has 1 nitrogen and oxygen atoms in total. The Bertz CT molecular complexity index is 130. The Morgan fingerprint density at radius 2 is 2.22 bits per heavy atom. The van der Waals surface area contributed by atoms with Crippen LogP contribution in [-0.2, 0) is 0 Å². The molecule has 0 aliphatic rings. The Morgan fingerprint density at radius 1 is 1.67 bits per heavy atom. The van der Waals surface area contributed by atoms with Crippen molar-refractivity contribution in [1.82, 2.24) is 0 Å². The number of rotatable bonds is 2. The second-order valence-electron chi connectivity index (χ2n) is 2.00. The molecule has 0 fully saturated rings. The van der Waals surface area contributed by atoms with Crippen molar-refractivity contribution in [3.63, 3.8) is 0 Å². The number of terminal acetylenes is 1. The standard InChI is InChI=1S/C8H12O/c1-4-6-7(3)8(9)5-2/h2,4,6-9H,1,3H3/b6-4+. The van der Waals surface area contributed by atoms with Gasteiger partial charge in [0.05, 0.1) is 0 Å². The van der Waals surface area contributed by atoms with E-state index in [4.69, 9.17) is 11.5 Å². The molecule has 9 heavy (non-hydrogen) atoms. The smallest absolute Gasteiger partial charge is 0.120 e. The van der Waals surface area contributed by atoms with Crippen molar-refractivity contribution in [2.75, 3.05) is 0 Å². The summed E-state index contributed by atoms with van der Waals surface area (Å²) < 4.78 is 0. The van der Waals surface area contributed by atoms with E-state index in [1.165, 1.54) is 0 Å². The molecule has 0 aromatic heterocycles. The number of hydrogen-bond donors (Lipinski definition) is 1. The first-order valence-electron chi connectivity index (χ1n) is 2.99. The monoisotopic (exact) mass is 124 g/mol. The van der Waals surface area contributed by atoms with E-state index in [0.29, 0.717) is 0 Å². The Hall–Kier alpha value is -0.740. The van der Waals surface area contributed by atoms with Crippen LogP contribution in [0.5, 0.6) is 0 Å². The van der Waals surface area contributed by atoms with E-state index in [9.17, 15) is 0 Å². The van der Waals surface area contributed by atoms with Crippen molar-refractivity contribution >= 4 is 0 Å². The lowest BCUT2D eigenvalue weighted by atomic mass is 10.1. The largest absolute Gasteiger partial charge is 0.380 e. The SMILES string of the molecule is C#CC(O)C(C)/C=C/C. The second-order valence-corrected chi connectivity index (χ2v) is 2.00. The predicted molar refractivity (Wildman–Crippen MR) is 38.8 cm³/mol. The van der Waals surface area contributed by atoms with E-state index in [2.05, 4.69) is 5.92 Å². The Kier molecular flexibility index (Phi) is 3.83. The van der Waals surface area contributed by atoms with Gasteiger partial charge in [0.2, 0.25) is 0 Å². The van der Waals surface area contributed by atoms with Gasteiger partial charge in [-0.05, 0) is 6.92 Å². The van der Waals surface area contributed by atoms with E-state index < -0.39 is 6.10 Å². The number of aliphatic hydroxyl groups excluding tert-OH is 1. The van der Waals surface area contributed by atoms with Gasteiger partial charge < -0.3 is 5.11 Å². The summed E-state index contributed by atoms with van der Waals surface area (Å²) in [6.07, 6.45) is 8.09. The minimum atomic E-state index is -0.638. The van der Waals surface area contributed by atoms with Crippen molar-refractivity contribution in [2.24, 2.45) is 5.92 Å². The summed E-state index contributed by atoms with van der Waals surface area (Å²) in [5.74, 6) is 2.32. The molecule has 0 radical (unpaired) electrons. The summed E-state index contributed by atoms with van der Waals surface area (Å²) in [4.78, 5) is 0. The molecule has 0 saturated heterocycles. The molecule has 0 amide bonds. The van der Waals surface area contributed by atoms with E-state index in [-0.39, 0.29) is 5.92 Å². The van der Waals surface area contributed by atoms with Crippen LogP contribution in [-0.4, -0.2) is 11.2 Å². The highest BCUT2D eigenvalue weighted by Crippen LogP contribution is 2.02. The number of aliphatic hydroxyl groups is 1. The average molecular weight is 124 g/mol. The van der Waals surface area contributed by atoms with E-state index in [1.54, 1.807) is 0 Å². The molecule has 0 aromatic rings. The summed E-state index contributed by atoms with van der Waals surface area (Å²) in [5.41, 5.74) is 0. The molecule has 0 bridgehead atoms.